The van der Waals surface area contributed by atoms with Crippen LogP contribution >= 0.6 is 0 Å². The summed E-state index contributed by atoms with van der Waals surface area (Å²) in [7, 11) is 0. The Morgan fingerprint density at radius 3 is 2.62 bits per heavy atom. The van der Waals surface area contributed by atoms with Crippen LogP contribution < -0.4 is 11.1 Å². The fourth-order valence-corrected chi connectivity index (χ4v) is 0.590. The molecule has 0 aromatic heterocycles. The van der Waals surface area contributed by atoms with Crippen molar-refractivity contribution in [3.63, 3.8) is 0 Å². The third-order valence-electron chi connectivity index (χ3n) is 1.23. The molecule has 1 amide bonds. The number of nitrogens with one attached hydrogen (secondary N) is 1. The van der Waals surface area contributed by atoms with Gasteiger partial charge >= 0.3 is 0 Å². The first-order valence-corrected chi connectivity index (χ1v) is 2.37. The number of rotatable bonds is 1. The fourth-order valence-electron chi connectivity index (χ4n) is 0.590. The van der Waals surface area contributed by atoms with Crippen LogP contribution in [0.15, 0.2) is 0 Å². The molecule has 3 nitrogen and oxygen atoms in total. The number of carbonyl (C=O) groups excluding carboxylic acids is 1. The minimum Gasteiger partial charge on any atom is -0.347 e. The van der Waals surface area contributed by atoms with Crippen molar-refractivity contribution in [2.24, 2.45) is 5.73 Å². The summed E-state index contributed by atoms with van der Waals surface area (Å²) >= 11 is 0. The highest BCUT2D eigenvalue weighted by Crippen LogP contribution is 2.02. The van der Waals surface area contributed by atoms with Crippen LogP contribution in [0.25, 0.3) is 0 Å². The van der Waals surface area contributed by atoms with Gasteiger partial charge in [-0.2, -0.15) is 0 Å². The first-order valence-electron chi connectivity index (χ1n) is 2.37. The summed E-state index contributed by atoms with van der Waals surface area (Å²) in [5.41, 5.74) is 5.12. The van der Waals surface area contributed by atoms with E-state index in [9.17, 15) is 9.18 Å². The molecule has 1 heterocycles. The van der Waals surface area contributed by atoms with E-state index in [1.807, 2.05) is 0 Å². The van der Waals surface area contributed by atoms with E-state index in [-0.39, 0.29) is 5.91 Å². The van der Waals surface area contributed by atoms with Gasteiger partial charge in [-0.3, -0.25) is 4.79 Å². The van der Waals surface area contributed by atoms with E-state index in [2.05, 4.69) is 5.32 Å². The van der Waals surface area contributed by atoms with Crippen molar-refractivity contribution in [2.75, 3.05) is 6.67 Å². The second-order valence-electron chi connectivity index (χ2n) is 1.80. The molecule has 0 aliphatic carbocycles. The topological polar surface area (TPSA) is 55.1 Å². The van der Waals surface area contributed by atoms with Crippen LogP contribution in [0.4, 0.5) is 4.39 Å². The molecule has 1 aliphatic rings. The highest BCUT2D eigenvalue weighted by Gasteiger charge is 2.35. The SMILES string of the molecule is N[C@@H]1C(=O)N[C@H]1CF. The quantitative estimate of drug-likeness (QED) is 0.424. The second kappa shape index (κ2) is 1.70. The highest BCUT2D eigenvalue weighted by molar-refractivity contribution is 5.88. The molecule has 3 N–H and O–H groups in total. The average molecular weight is 118 g/mol. The van der Waals surface area contributed by atoms with Gasteiger partial charge in [0, 0.05) is 0 Å². The Bertz CT molecular complexity index is 117. The number of β-lactam (4-membered cyclic amide) rings is 1. The van der Waals surface area contributed by atoms with E-state index in [1.54, 1.807) is 0 Å². The van der Waals surface area contributed by atoms with E-state index >= 15 is 0 Å². The first kappa shape index (κ1) is 5.50. The molecule has 2 atom stereocenters. The number of carbonyl (C=O) groups is 1. The molecule has 0 aromatic carbocycles. The molecule has 1 aliphatic heterocycles. The zero-order valence-electron chi connectivity index (χ0n) is 4.23. The maximum absolute atomic E-state index is 11.6. The summed E-state index contributed by atoms with van der Waals surface area (Å²) in [5.74, 6) is -0.257. The third kappa shape index (κ3) is 0.571. The lowest BCUT2D eigenvalue weighted by Gasteiger charge is -2.31. The van der Waals surface area contributed by atoms with Crippen molar-refractivity contribution >= 4 is 5.91 Å². The number of hydrogen-bond acceptors (Lipinski definition) is 2. The van der Waals surface area contributed by atoms with Crippen LogP contribution in [0, 0.1) is 0 Å². The number of hydrogen-bond donors (Lipinski definition) is 2. The lowest BCUT2D eigenvalue weighted by molar-refractivity contribution is -0.130. The lowest BCUT2D eigenvalue weighted by atomic mass is 10.0. The van der Waals surface area contributed by atoms with Crippen molar-refractivity contribution in [3.8, 4) is 0 Å². The Hall–Kier alpha value is -0.640. The van der Waals surface area contributed by atoms with Crippen LogP contribution in [-0.2, 0) is 4.79 Å². The normalized spacial score (nSPS) is 36.0. The molecule has 46 valence electrons. The zero-order chi connectivity index (χ0) is 6.15. The third-order valence-corrected chi connectivity index (χ3v) is 1.23. The molecule has 0 spiro atoms. The van der Waals surface area contributed by atoms with Crippen LogP contribution in [0.1, 0.15) is 0 Å². The average Bonchev–Trinajstić information content (AvgIpc) is 1.81. The fraction of sp³-hybridized carbons (Fsp3) is 0.750. The predicted octanol–water partition coefficient (Wildman–Crippen LogP) is -1.22. The lowest BCUT2D eigenvalue weighted by Crippen LogP contribution is -2.67. The molecule has 0 aromatic rings. The molecular weight excluding hydrogens is 111 g/mol. The Morgan fingerprint density at radius 1 is 1.88 bits per heavy atom. The van der Waals surface area contributed by atoms with Crippen molar-refractivity contribution in [3.05, 3.63) is 0 Å². The minimum atomic E-state index is -0.611. The summed E-state index contributed by atoms with van der Waals surface area (Å²) < 4.78 is 11.6. The molecule has 1 rings (SSSR count). The molecular formula is C4H7FN2O. The van der Waals surface area contributed by atoms with Crippen molar-refractivity contribution < 1.29 is 9.18 Å². The van der Waals surface area contributed by atoms with Gasteiger partial charge in [0.25, 0.3) is 0 Å². The highest BCUT2D eigenvalue weighted by atomic mass is 19.1. The summed E-state index contributed by atoms with van der Waals surface area (Å²) in [4.78, 5) is 10.2. The van der Waals surface area contributed by atoms with Crippen LogP contribution in [0.5, 0.6) is 0 Å². The first-order chi connectivity index (χ1) is 3.75. The van der Waals surface area contributed by atoms with Gasteiger partial charge in [-0.1, -0.05) is 0 Å². The summed E-state index contributed by atoms with van der Waals surface area (Å²) in [5, 5.41) is 2.30. The number of halogens is 1. The van der Waals surface area contributed by atoms with Gasteiger partial charge < -0.3 is 11.1 Å². The second-order valence-corrected chi connectivity index (χ2v) is 1.80. The molecule has 0 radical (unpaired) electrons. The van der Waals surface area contributed by atoms with E-state index in [4.69, 9.17) is 5.73 Å². The van der Waals surface area contributed by atoms with Gasteiger partial charge in [-0.05, 0) is 0 Å². The van der Waals surface area contributed by atoms with Gasteiger partial charge in [0.2, 0.25) is 5.91 Å². The molecule has 0 unspecified atom stereocenters. The summed E-state index contributed by atoms with van der Waals surface area (Å²) in [6, 6.07) is -1.04. The summed E-state index contributed by atoms with van der Waals surface area (Å²) in [6.45, 7) is -0.563. The monoisotopic (exact) mass is 118 g/mol. The molecule has 0 saturated carbocycles. The van der Waals surface area contributed by atoms with Crippen molar-refractivity contribution in [1.82, 2.24) is 5.32 Å². The van der Waals surface area contributed by atoms with Gasteiger partial charge in [0.15, 0.2) is 0 Å². The number of amides is 1. The van der Waals surface area contributed by atoms with E-state index in [0.717, 1.165) is 0 Å². The van der Waals surface area contributed by atoms with Gasteiger partial charge in [0.1, 0.15) is 12.7 Å². The van der Waals surface area contributed by atoms with Gasteiger partial charge in [0.05, 0.1) is 6.04 Å². The molecule has 0 bridgehead atoms. The molecule has 4 heteroatoms. The molecule has 1 saturated heterocycles. The zero-order valence-corrected chi connectivity index (χ0v) is 4.23. The Morgan fingerprint density at radius 2 is 2.50 bits per heavy atom. The maximum Gasteiger partial charge on any atom is 0.239 e. The smallest absolute Gasteiger partial charge is 0.239 e. The van der Waals surface area contributed by atoms with E-state index in [0.29, 0.717) is 0 Å². The Balaban J connectivity index is 2.35. The Labute approximate surface area is 46.0 Å². The number of alkyl halides is 1. The van der Waals surface area contributed by atoms with Crippen molar-refractivity contribution in [1.29, 1.82) is 0 Å². The van der Waals surface area contributed by atoms with Gasteiger partial charge in [-0.25, -0.2) is 4.39 Å². The predicted molar refractivity (Wildman–Crippen MR) is 25.9 cm³/mol. The number of nitrogens with two attached hydrogens (primary N) is 1. The van der Waals surface area contributed by atoms with Crippen LogP contribution in [-0.4, -0.2) is 24.7 Å². The van der Waals surface area contributed by atoms with Crippen LogP contribution in [0.3, 0.4) is 0 Å². The van der Waals surface area contributed by atoms with E-state index in [1.165, 1.54) is 0 Å². The molecule has 1 fully saturated rings. The van der Waals surface area contributed by atoms with Crippen LogP contribution in [0.2, 0.25) is 0 Å². The molecule has 8 heavy (non-hydrogen) atoms. The minimum absolute atomic E-state index is 0.257. The van der Waals surface area contributed by atoms with E-state index < -0.39 is 18.8 Å². The largest absolute Gasteiger partial charge is 0.347 e. The van der Waals surface area contributed by atoms with Crippen molar-refractivity contribution in [2.45, 2.75) is 12.1 Å². The summed E-state index contributed by atoms with van der Waals surface area (Å²) in [6.07, 6.45) is 0. The maximum atomic E-state index is 11.6. The van der Waals surface area contributed by atoms with Gasteiger partial charge in [-0.15, -0.1) is 0 Å². The standard InChI is InChI=1S/C4H7FN2O/c5-1-2-3(6)4(8)7-2/h2-3H,1,6H2,(H,7,8)/t2-,3-/m0/s1. The Kier molecular flexibility index (Phi) is 1.17.